The number of ether oxygens (including phenoxy) is 1. The maximum absolute atomic E-state index is 12.9. The predicted octanol–water partition coefficient (Wildman–Crippen LogP) is 4.10. The molecule has 2 aromatic carbocycles. The van der Waals surface area contributed by atoms with Crippen molar-refractivity contribution < 1.29 is 13.9 Å². The topological polar surface area (TPSA) is 32.8 Å². The fourth-order valence-corrected chi connectivity index (χ4v) is 3.31. The summed E-state index contributed by atoms with van der Waals surface area (Å²) in [7, 11) is 0. The minimum Gasteiger partial charge on any atom is -0.494 e. The zero-order chi connectivity index (χ0) is 19.1. The average Bonchev–Trinajstić information content (AvgIpc) is 2.92. The first kappa shape index (κ1) is 19.6. The standard InChI is InChI=1S/C21H24ClFN2O2/c22-18-5-3-17(4-6-18)21(26)25-13-1-11-24(14-15-25)12-2-16-27-20-9-7-19(23)8-10-20/h3-10H,1-2,11-16H2. The van der Waals surface area contributed by atoms with Gasteiger partial charge in [0, 0.05) is 36.8 Å². The molecule has 1 amide bonds. The number of amides is 1. The van der Waals surface area contributed by atoms with Gasteiger partial charge < -0.3 is 14.5 Å². The molecule has 1 fully saturated rings. The first-order valence-electron chi connectivity index (χ1n) is 9.27. The van der Waals surface area contributed by atoms with Crippen molar-refractivity contribution in [3.05, 3.63) is 64.9 Å². The molecule has 144 valence electrons. The molecule has 0 atom stereocenters. The summed E-state index contributed by atoms with van der Waals surface area (Å²) in [5.41, 5.74) is 0.681. The third kappa shape index (κ3) is 5.94. The second-order valence-electron chi connectivity index (χ2n) is 6.65. The van der Waals surface area contributed by atoms with E-state index in [9.17, 15) is 9.18 Å². The van der Waals surface area contributed by atoms with Crippen molar-refractivity contribution in [2.75, 3.05) is 39.3 Å². The van der Waals surface area contributed by atoms with Crippen molar-refractivity contribution in [3.8, 4) is 5.75 Å². The molecule has 1 saturated heterocycles. The summed E-state index contributed by atoms with van der Waals surface area (Å²) in [4.78, 5) is 16.9. The van der Waals surface area contributed by atoms with Gasteiger partial charge in [0.15, 0.2) is 0 Å². The molecule has 27 heavy (non-hydrogen) atoms. The van der Waals surface area contributed by atoms with Crippen LogP contribution in [0.1, 0.15) is 23.2 Å². The lowest BCUT2D eigenvalue weighted by Crippen LogP contribution is -2.35. The van der Waals surface area contributed by atoms with E-state index in [-0.39, 0.29) is 11.7 Å². The molecule has 6 heteroatoms. The zero-order valence-electron chi connectivity index (χ0n) is 15.2. The number of carbonyl (C=O) groups is 1. The fraction of sp³-hybridized carbons (Fsp3) is 0.381. The molecule has 0 saturated carbocycles. The molecular weight excluding hydrogens is 367 g/mol. The fourth-order valence-electron chi connectivity index (χ4n) is 3.18. The van der Waals surface area contributed by atoms with E-state index in [0.717, 1.165) is 45.6 Å². The van der Waals surface area contributed by atoms with E-state index in [1.165, 1.54) is 12.1 Å². The summed E-state index contributed by atoms with van der Waals surface area (Å²) < 4.78 is 18.5. The molecule has 0 unspecified atom stereocenters. The minimum atomic E-state index is -0.260. The van der Waals surface area contributed by atoms with Gasteiger partial charge in [-0.1, -0.05) is 11.6 Å². The summed E-state index contributed by atoms with van der Waals surface area (Å²) in [5, 5.41) is 0.636. The molecule has 1 aliphatic rings. The Bertz CT molecular complexity index is 737. The van der Waals surface area contributed by atoms with E-state index in [4.69, 9.17) is 16.3 Å². The van der Waals surface area contributed by atoms with Gasteiger partial charge in [-0.15, -0.1) is 0 Å². The van der Waals surface area contributed by atoms with Crippen LogP contribution in [-0.4, -0.2) is 55.0 Å². The third-order valence-corrected chi connectivity index (χ3v) is 4.92. The highest BCUT2D eigenvalue weighted by Crippen LogP contribution is 2.14. The van der Waals surface area contributed by atoms with Crippen molar-refractivity contribution in [1.29, 1.82) is 0 Å². The molecule has 0 bridgehead atoms. The van der Waals surface area contributed by atoms with Crippen molar-refractivity contribution >= 4 is 17.5 Å². The van der Waals surface area contributed by atoms with Crippen molar-refractivity contribution in [2.45, 2.75) is 12.8 Å². The van der Waals surface area contributed by atoms with Gasteiger partial charge in [0.25, 0.3) is 5.91 Å². The Labute approximate surface area is 164 Å². The number of nitrogens with zero attached hydrogens (tertiary/aromatic N) is 2. The number of halogens is 2. The third-order valence-electron chi connectivity index (χ3n) is 4.67. The summed E-state index contributed by atoms with van der Waals surface area (Å²) in [6.45, 7) is 4.83. The monoisotopic (exact) mass is 390 g/mol. The SMILES string of the molecule is O=C(c1ccc(Cl)cc1)N1CCCN(CCCOc2ccc(F)cc2)CC1. The quantitative estimate of drug-likeness (QED) is 0.696. The molecule has 0 N–H and O–H groups in total. The van der Waals surface area contributed by atoms with Crippen LogP contribution in [-0.2, 0) is 0 Å². The summed E-state index contributed by atoms with van der Waals surface area (Å²) >= 11 is 5.90. The molecular formula is C21H24ClFN2O2. The Morgan fingerprint density at radius 3 is 2.48 bits per heavy atom. The van der Waals surface area contributed by atoms with Gasteiger partial charge in [-0.2, -0.15) is 0 Å². The number of hydrogen-bond donors (Lipinski definition) is 0. The van der Waals surface area contributed by atoms with Crippen molar-refractivity contribution in [3.63, 3.8) is 0 Å². The van der Waals surface area contributed by atoms with Gasteiger partial charge in [0.2, 0.25) is 0 Å². The molecule has 1 aliphatic heterocycles. The lowest BCUT2D eigenvalue weighted by Gasteiger charge is -2.22. The number of rotatable bonds is 6. The van der Waals surface area contributed by atoms with Crippen LogP contribution < -0.4 is 4.74 Å². The smallest absolute Gasteiger partial charge is 0.253 e. The van der Waals surface area contributed by atoms with Gasteiger partial charge in [0.05, 0.1) is 6.61 Å². The largest absolute Gasteiger partial charge is 0.494 e. The average molecular weight is 391 g/mol. The van der Waals surface area contributed by atoms with Crippen LogP contribution in [0.2, 0.25) is 5.02 Å². The first-order valence-corrected chi connectivity index (χ1v) is 9.65. The Hall–Kier alpha value is -2.11. The first-order chi connectivity index (χ1) is 13.1. The number of carbonyl (C=O) groups excluding carboxylic acids is 1. The molecule has 0 aliphatic carbocycles. The minimum absolute atomic E-state index is 0.0631. The summed E-state index contributed by atoms with van der Waals surface area (Å²) in [6, 6.07) is 13.1. The molecule has 1 heterocycles. The molecule has 0 radical (unpaired) electrons. The Kier molecular flexibility index (Phi) is 7.07. The van der Waals surface area contributed by atoms with Crippen LogP contribution in [0.15, 0.2) is 48.5 Å². The van der Waals surface area contributed by atoms with Gasteiger partial charge >= 0.3 is 0 Å². The maximum atomic E-state index is 12.9. The van der Waals surface area contributed by atoms with E-state index in [0.29, 0.717) is 22.9 Å². The van der Waals surface area contributed by atoms with E-state index in [2.05, 4.69) is 4.90 Å². The van der Waals surface area contributed by atoms with E-state index in [1.54, 1.807) is 36.4 Å². The Morgan fingerprint density at radius 2 is 1.74 bits per heavy atom. The zero-order valence-corrected chi connectivity index (χ0v) is 16.0. The summed E-state index contributed by atoms with van der Waals surface area (Å²) in [5.74, 6) is 0.491. The van der Waals surface area contributed by atoms with Crippen LogP contribution >= 0.6 is 11.6 Å². The highest BCUT2D eigenvalue weighted by atomic mass is 35.5. The lowest BCUT2D eigenvalue weighted by molar-refractivity contribution is 0.0761. The van der Waals surface area contributed by atoms with Gasteiger partial charge in [0.1, 0.15) is 11.6 Å². The van der Waals surface area contributed by atoms with Crippen LogP contribution in [0.4, 0.5) is 4.39 Å². The molecule has 0 spiro atoms. The van der Waals surface area contributed by atoms with E-state index in [1.807, 2.05) is 4.90 Å². The van der Waals surface area contributed by atoms with Gasteiger partial charge in [-0.25, -0.2) is 4.39 Å². The molecule has 4 nitrogen and oxygen atoms in total. The van der Waals surface area contributed by atoms with Gasteiger partial charge in [-0.3, -0.25) is 4.79 Å². The maximum Gasteiger partial charge on any atom is 0.253 e. The van der Waals surface area contributed by atoms with Crippen LogP contribution in [0, 0.1) is 5.82 Å². The molecule has 3 rings (SSSR count). The molecule has 0 aromatic heterocycles. The number of hydrogen-bond acceptors (Lipinski definition) is 3. The summed E-state index contributed by atoms with van der Waals surface area (Å²) in [6.07, 6.45) is 1.85. The predicted molar refractivity (Wildman–Crippen MR) is 105 cm³/mol. The Morgan fingerprint density at radius 1 is 1.00 bits per heavy atom. The van der Waals surface area contributed by atoms with E-state index >= 15 is 0 Å². The van der Waals surface area contributed by atoms with Crippen molar-refractivity contribution in [2.24, 2.45) is 0 Å². The van der Waals surface area contributed by atoms with Gasteiger partial charge in [-0.05, 0) is 67.9 Å². The molecule has 2 aromatic rings. The van der Waals surface area contributed by atoms with Crippen LogP contribution in [0.25, 0.3) is 0 Å². The van der Waals surface area contributed by atoms with E-state index < -0.39 is 0 Å². The van der Waals surface area contributed by atoms with Crippen LogP contribution in [0.3, 0.4) is 0 Å². The second-order valence-corrected chi connectivity index (χ2v) is 7.09. The van der Waals surface area contributed by atoms with Crippen LogP contribution in [0.5, 0.6) is 5.75 Å². The lowest BCUT2D eigenvalue weighted by atomic mass is 10.2. The normalized spacial score (nSPS) is 15.4. The number of benzene rings is 2. The highest BCUT2D eigenvalue weighted by Gasteiger charge is 2.20. The Balaban J connectivity index is 1.41. The van der Waals surface area contributed by atoms with Crippen molar-refractivity contribution in [1.82, 2.24) is 9.80 Å². The second kappa shape index (κ2) is 9.72. The highest BCUT2D eigenvalue weighted by molar-refractivity contribution is 6.30.